The summed E-state index contributed by atoms with van der Waals surface area (Å²) < 4.78 is 24.5. The third kappa shape index (κ3) is 2.52. The molecule has 1 amide bonds. The third-order valence-electron chi connectivity index (χ3n) is 3.86. The number of pyridine rings is 1. The van der Waals surface area contributed by atoms with Crippen molar-refractivity contribution in [2.75, 3.05) is 6.79 Å². The summed E-state index contributed by atoms with van der Waals surface area (Å²) >= 11 is 0. The Morgan fingerprint density at radius 2 is 2.12 bits per heavy atom. The van der Waals surface area contributed by atoms with E-state index in [2.05, 4.69) is 10.3 Å². The van der Waals surface area contributed by atoms with E-state index in [0.717, 1.165) is 10.9 Å². The van der Waals surface area contributed by atoms with E-state index in [9.17, 15) is 9.18 Å². The van der Waals surface area contributed by atoms with Crippen molar-refractivity contribution in [2.24, 2.45) is 0 Å². The molecule has 0 spiro atoms. The Hall–Kier alpha value is -3.15. The predicted octanol–water partition coefficient (Wildman–Crippen LogP) is 3.03. The van der Waals surface area contributed by atoms with Gasteiger partial charge in [0.25, 0.3) is 5.91 Å². The second-order valence-electron chi connectivity index (χ2n) is 5.37. The van der Waals surface area contributed by atoms with Gasteiger partial charge in [0.1, 0.15) is 0 Å². The van der Waals surface area contributed by atoms with Crippen molar-refractivity contribution in [1.29, 1.82) is 0 Å². The SMILES string of the molecule is O=C(NCc1ccc2c(c1F)OCO2)c1ccc2ncccc2c1. The van der Waals surface area contributed by atoms with Gasteiger partial charge in [-0.1, -0.05) is 12.1 Å². The van der Waals surface area contributed by atoms with Gasteiger partial charge in [-0.15, -0.1) is 0 Å². The van der Waals surface area contributed by atoms with Crippen LogP contribution >= 0.6 is 0 Å². The summed E-state index contributed by atoms with van der Waals surface area (Å²) in [6.45, 7) is 0.0690. The van der Waals surface area contributed by atoms with Crippen molar-refractivity contribution in [3.05, 3.63) is 65.6 Å². The largest absolute Gasteiger partial charge is 0.453 e. The lowest BCUT2D eigenvalue weighted by molar-refractivity contribution is 0.0950. The topological polar surface area (TPSA) is 60.5 Å². The van der Waals surface area contributed by atoms with Crippen LogP contribution in [0.2, 0.25) is 0 Å². The van der Waals surface area contributed by atoms with Gasteiger partial charge in [-0.25, -0.2) is 4.39 Å². The number of hydrogen-bond acceptors (Lipinski definition) is 4. The Morgan fingerprint density at radius 1 is 1.21 bits per heavy atom. The van der Waals surface area contributed by atoms with Crippen molar-refractivity contribution >= 4 is 16.8 Å². The molecular formula is C18H13FN2O3. The van der Waals surface area contributed by atoms with Crippen LogP contribution in [0.1, 0.15) is 15.9 Å². The zero-order valence-electron chi connectivity index (χ0n) is 12.6. The molecule has 2 heterocycles. The summed E-state index contributed by atoms with van der Waals surface area (Å²) in [6, 6.07) is 12.1. The smallest absolute Gasteiger partial charge is 0.251 e. The molecule has 5 nitrogen and oxygen atoms in total. The normalized spacial score (nSPS) is 12.4. The lowest BCUT2D eigenvalue weighted by Gasteiger charge is -2.08. The number of carbonyl (C=O) groups excluding carboxylic acids is 1. The molecule has 1 aliphatic rings. The molecule has 0 bridgehead atoms. The summed E-state index contributed by atoms with van der Waals surface area (Å²) in [5, 5.41) is 3.59. The van der Waals surface area contributed by atoms with E-state index in [1.165, 1.54) is 0 Å². The molecule has 0 fully saturated rings. The summed E-state index contributed by atoms with van der Waals surface area (Å²) in [5.41, 5.74) is 1.66. The number of nitrogens with zero attached hydrogens (tertiary/aromatic N) is 1. The van der Waals surface area contributed by atoms with E-state index in [0.29, 0.717) is 16.9 Å². The van der Waals surface area contributed by atoms with Crippen molar-refractivity contribution < 1.29 is 18.7 Å². The van der Waals surface area contributed by atoms with Gasteiger partial charge in [0.15, 0.2) is 11.6 Å². The fourth-order valence-corrected chi connectivity index (χ4v) is 2.61. The molecule has 2 aromatic carbocycles. The van der Waals surface area contributed by atoms with Crippen molar-refractivity contribution in [3.63, 3.8) is 0 Å². The highest BCUT2D eigenvalue weighted by molar-refractivity contribution is 5.97. The number of carbonyl (C=O) groups is 1. The number of hydrogen-bond donors (Lipinski definition) is 1. The van der Waals surface area contributed by atoms with E-state index in [1.54, 1.807) is 36.5 Å². The number of fused-ring (bicyclic) bond motifs is 2. The first kappa shape index (κ1) is 14.4. The van der Waals surface area contributed by atoms with Crippen LogP contribution in [-0.2, 0) is 6.54 Å². The van der Waals surface area contributed by atoms with E-state index in [-0.39, 0.29) is 25.0 Å². The molecule has 3 aromatic rings. The fraction of sp³-hybridized carbons (Fsp3) is 0.111. The zero-order chi connectivity index (χ0) is 16.5. The first-order chi connectivity index (χ1) is 11.7. The Morgan fingerprint density at radius 3 is 3.04 bits per heavy atom. The second kappa shape index (κ2) is 5.81. The molecule has 0 aliphatic carbocycles. The monoisotopic (exact) mass is 324 g/mol. The number of halogens is 1. The summed E-state index contributed by atoms with van der Waals surface area (Å²) in [6.07, 6.45) is 1.70. The Labute approximate surface area is 137 Å². The molecule has 0 saturated carbocycles. The van der Waals surface area contributed by atoms with Gasteiger partial charge < -0.3 is 14.8 Å². The third-order valence-corrected chi connectivity index (χ3v) is 3.86. The van der Waals surface area contributed by atoms with Crippen LogP contribution in [-0.4, -0.2) is 17.7 Å². The quantitative estimate of drug-likeness (QED) is 0.804. The first-order valence-corrected chi connectivity index (χ1v) is 7.42. The van der Waals surface area contributed by atoms with Crippen LogP contribution in [0.4, 0.5) is 4.39 Å². The maximum absolute atomic E-state index is 14.3. The van der Waals surface area contributed by atoms with Gasteiger partial charge >= 0.3 is 0 Å². The average molecular weight is 324 g/mol. The van der Waals surface area contributed by atoms with Gasteiger partial charge in [-0.3, -0.25) is 9.78 Å². The minimum Gasteiger partial charge on any atom is -0.453 e. The Balaban J connectivity index is 1.52. The molecule has 0 saturated heterocycles. The van der Waals surface area contributed by atoms with Crippen molar-refractivity contribution in [3.8, 4) is 11.5 Å². The lowest BCUT2D eigenvalue weighted by Crippen LogP contribution is -2.23. The summed E-state index contributed by atoms with van der Waals surface area (Å²) in [7, 11) is 0. The molecule has 24 heavy (non-hydrogen) atoms. The molecule has 0 radical (unpaired) electrons. The zero-order valence-corrected chi connectivity index (χ0v) is 12.6. The van der Waals surface area contributed by atoms with Crippen LogP contribution in [0.3, 0.4) is 0 Å². The standard InChI is InChI=1S/C18H13FN2O3/c19-16-13(4-6-15-17(16)24-10-23-15)9-21-18(22)12-3-5-14-11(8-12)2-1-7-20-14/h1-8H,9-10H2,(H,21,22). The molecule has 4 rings (SSSR count). The molecule has 1 N–H and O–H groups in total. The van der Waals surface area contributed by atoms with Crippen LogP contribution < -0.4 is 14.8 Å². The molecular weight excluding hydrogens is 311 g/mol. The molecule has 1 aromatic heterocycles. The van der Waals surface area contributed by atoms with E-state index in [4.69, 9.17) is 9.47 Å². The van der Waals surface area contributed by atoms with Gasteiger partial charge in [-0.2, -0.15) is 0 Å². The maximum atomic E-state index is 14.3. The lowest BCUT2D eigenvalue weighted by atomic mass is 10.1. The summed E-state index contributed by atoms with van der Waals surface area (Å²) in [4.78, 5) is 16.5. The molecule has 0 atom stereocenters. The van der Waals surface area contributed by atoms with E-state index < -0.39 is 5.82 Å². The van der Waals surface area contributed by atoms with Crippen LogP contribution in [0.25, 0.3) is 10.9 Å². The van der Waals surface area contributed by atoms with Gasteiger partial charge in [0.2, 0.25) is 12.5 Å². The number of rotatable bonds is 3. The second-order valence-corrected chi connectivity index (χ2v) is 5.37. The minimum atomic E-state index is -0.506. The highest BCUT2D eigenvalue weighted by atomic mass is 19.1. The van der Waals surface area contributed by atoms with E-state index in [1.807, 2.05) is 12.1 Å². The number of benzene rings is 2. The highest BCUT2D eigenvalue weighted by Gasteiger charge is 2.21. The average Bonchev–Trinajstić information content (AvgIpc) is 3.10. The maximum Gasteiger partial charge on any atom is 0.251 e. The van der Waals surface area contributed by atoms with Crippen LogP contribution in [0, 0.1) is 5.82 Å². The van der Waals surface area contributed by atoms with Crippen molar-refractivity contribution in [2.45, 2.75) is 6.54 Å². The highest BCUT2D eigenvalue weighted by Crippen LogP contribution is 2.36. The van der Waals surface area contributed by atoms with Gasteiger partial charge in [0.05, 0.1) is 5.52 Å². The van der Waals surface area contributed by atoms with Crippen LogP contribution in [0.5, 0.6) is 11.5 Å². The Bertz CT molecular complexity index is 943. The summed E-state index contributed by atoms with van der Waals surface area (Å²) in [5.74, 6) is -0.311. The Kier molecular flexibility index (Phi) is 3.49. The van der Waals surface area contributed by atoms with Crippen molar-refractivity contribution in [1.82, 2.24) is 10.3 Å². The molecule has 6 heteroatoms. The number of amides is 1. The first-order valence-electron chi connectivity index (χ1n) is 7.42. The number of aromatic nitrogens is 1. The number of ether oxygens (including phenoxy) is 2. The molecule has 120 valence electrons. The fourth-order valence-electron chi connectivity index (χ4n) is 2.61. The van der Waals surface area contributed by atoms with Gasteiger partial charge in [0, 0.05) is 29.3 Å². The minimum absolute atomic E-state index is 0.00713. The van der Waals surface area contributed by atoms with E-state index >= 15 is 0 Å². The molecule has 1 aliphatic heterocycles. The van der Waals surface area contributed by atoms with Gasteiger partial charge in [-0.05, 0) is 30.3 Å². The number of nitrogens with one attached hydrogen (secondary N) is 1. The van der Waals surface area contributed by atoms with Crippen LogP contribution in [0.15, 0.2) is 48.7 Å². The predicted molar refractivity (Wildman–Crippen MR) is 85.4 cm³/mol. The molecule has 0 unspecified atom stereocenters.